The van der Waals surface area contributed by atoms with Gasteiger partial charge in [-0.2, -0.15) is 0 Å². The van der Waals surface area contributed by atoms with Crippen molar-refractivity contribution in [2.45, 2.75) is 48.5 Å². The normalized spacial score (nSPS) is 10.4. The molecule has 0 spiro atoms. The first-order valence-electron chi connectivity index (χ1n) is 24.2. The fraction of sp³-hybridized carbons (Fsp3) is 0.108. The number of nitrogens with two attached hydrogens (primary N) is 1. The Balaban J connectivity index is 0.000000141. The van der Waals surface area contributed by atoms with E-state index >= 15 is 0 Å². The third kappa shape index (κ3) is 16.7. The molecule has 0 fully saturated rings. The lowest BCUT2D eigenvalue weighted by atomic mass is 10.1. The first-order chi connectivity index (χ1) is 35.9. The molecule has 0 aliphatic heterocycles. The van der Waals surface area contributed by atoms with Crippen molar-refractivity contribution in [1.29, 1.82) is 0 Å². The fourth-order valence-corrected chi connectivity index (χ4v) is 7.47. The molecule has 370 valence electrons. The van der Waals surface area contributed by atoms with Crippen molar-refractivity contribution >= 4 is 60.4 Å². The molecule has 74 heavy (non-hydrogen) atoms. The Kier molecular flexibility index (Phi) is 20.5. The molecule has 0 radical (unpaired) electrons. The maximum Gasteiger partial charge on any atom is 0.173 e. The summed E-state index contributed by atoms with van der Waals surface area (Å²) in [6.45, 7) is 14.3. The molecule has 12 aromatic rings. The molecular weight excluding hydrogens is 914 g/mol. The highest BCUT2D eigenvalue weighted by atomic mass is 19.1. The zero-order chi connectivity index (χ0) is 52.7. The molecule has 0 aliphatic rings. The van der Waals surface area contributed by atoms with Gasteiger partial charge >= 0.3 is 0 Å². The van der Waals surface area contributed by atoms with Gasteiger partial charge in [0.05, 0.1) is 33.1 Å². The Morgan fingerprint density at radius 3 is 1.55 bits per heavy atom. The van der Waals surface area contributed by atoms with Crippen molar-refractivity contribution in [3.8, 4) is 0 Å². The zero-order valence-electron chi connectivity index (χ0n) is 43.0. The standard InChI is InChI=1S/5C10H9N.C8H9FN2O.C7H8/c1-8-4-2-6-10-9(8)5-3-7-11-10;1-8-4-5-10-9(7-8)3-2-6-11-10;1-8-4-5-9-3-2-6-11-10(9)7-8;1-8-6-9-4-2-3-5-10(9)11-7-8;1-8-6-7-11-10-5-3-2-4-9(8)10;1-5-2-3-7(9)6(4-5)8(10)11-12;1-7-5-3-2-4-6-7/h5*2-7H,1H3;2-4,12H,1H3,(H2,10,11);2-6H,1H3. The molecule has 8 nitrogen and oxygen atoms in total. The minimum atomic E-state index is -0.490. The molecule has 12 rings (SSSR count). The van der Waals surface area contributed by atoms with E-state index in [4.69, 9.17) is 10.9 Å². The molecule has 0 bridgehead atoms. The average Bonchev–Trinajstić information content (AvgIpc) is 3.43. The molecule has 3 N–H and O–H groups in total. The Morgan fingerprint density at radius 1 is 0.378 bits per heavy atom. The number of benzene rings is 7. The van der Waals surface area contributed by atoms with Gasteiger partial charge in [0.15, 0.2) is 5.84 Å². The summed E-state index contributed by atoms with van der Waals surface area (Å²) in [5.74, 6) is -0.702. The monoisotopic (exact) mass is 975 g/mol. The van der Waals surface area contributed by atoms with Gasteiger partial charge in [-0.05, 0) is 150 Å². The van der Waals surface area contributed by atoms with Crippen LogP contribution in [-0.2, 0) is 0 Å². The summed E-state index contributed by atoms with van der Waals surface area (Å²) in [4.78, 5) is 21.2. The Bertz CT molecular complexity index is 3430. The molecular formula is C65H62FN7O. The molecule has 0 unspecified atom stereocenters. The van der Waals surface area contributed by atoms with Crippen molar-refractivity contribution in [2.24, 2.45) is 10.9 Å². The molecule has 0 amide bonds. The van der Waals surface area contributed by atoms with Crippen LogP contribution in [0.2, 0.25) is 0 Å². The van der Waals surface area contributed by atoms with Crippen LogP contribution in [0.5, 0.6) is 0 Å². The number of aryl methyl sites for hydroxylation is 7. The Hall–Kier alpha value is -9.21. The van der Waals surface area contributed by atoms with Crippen molar-refractivity contribution in [1.82, 2.24) is 24.9 Å². The number of oxime groups is 1. The smallest absolute Gasteiger partial charge is 0.173 e. The van der Waals surface area contributed by atoms with Gasteiger partial charge in [0.25, 0.3) is 0 Å². The molecule has 0 atom stereocenters. The van der Waals surface area contributed by atoms with Crippen LogP contribution >= 0.6 is 0 Å². The van der Waals surface area contributed by atoms with Crippen LogP contribution in [0, 0.1) is 54.3 Å². The lowest BCUT2D eigenvalue weighted by molar-refractivity contribution is 0.318. The quantitative estimate of drug-likeness (QED) is 0.0727. The average molecular weight is 976 g/mol. The van der Waals surface area contributed by atoms with Crippen LogP contribution < -0.4 is 5.73 Å². The van der Waals surface area contributed by atoms with Gasteiger partial charge in [0.2, 0.25) is 0 Å². The van der Waals surface area contributed by atoms with E-state index in [1.54, 1.807) is 13.0 Å². The molecule has 0 aliphatic carbocycles. The van der Waals surface area contributed by atoms with Crippen LogP contribution in [-0.4, -0.2) is 36.0 Å². The third-order valence-electron chi connectivity index (χ3n) is 11.4. The number of nitrogens with zero attached hydrogens (tertiary/aromatic N) is 6. The van der Waals surface area contributed by atoms with Crippen LogP contribution in [0.25, 0.3) is 54.5 Å². The third-order valence-corrected chi connectivity index (χ3v) is 11.4. The highest BCUT2D eigenvalue weighted by Gasteiger charge is 2.06. The summed E-state index contributed by atoms with van der Waals surface area (Å²) in [5.41, 5.74) is 19.2. The van der Waals surface area contributed by atoms with Crippen LogP contribution in [0.3, 0.4) is 0 Å². The lowest BCUT2D eigenvalue weighted by Crippen LogP contribution is -2.15. The number of para-hydroxylation sites is 2. The van der Waals surface area contributed by atoms with E-state index in [-0.39, 0.29) is 11.4 Å². The number of pyridine rings is 5. The summed E-state index contributed by atoms with van der Waals surface area (Å²) >= 11 is 0. The second kappa shape index (κ2) is 28.0. The highest BCUT2D eigenvalue weighted by Crippen LogP contribution is 2.17. The van der Waals surface area contributed by atoms with E-state index in [1.165, 1.54) is 72.4 Å². The molecule has 5 aromatic heterocycles. The summed E-state index contributed by atoms with van der Waals surface area (Å²) in [5, 5.41) is 17.1. The summed E-state index contributed by atoms with van der Waals surface area (Å²) in [6, 6.07) is 66.0. The zero-order valence-corrected chi connectivity index (χ0v) is 43.0. The molecule has 9 heteroatoms. The summed E-state index contributed by atoms with van der Waals surface area (Å²) in [6.07, 6.45) is 9.20. The molecule has 0 saturated carbocycles. The minimum Gasteiger partial charge on any atom is -0.409 e. The Morgan fingerprint density at radius 2 is 0.865 bits per heavy atom. The van der Waals surface area contributed by atoms with E-state index in [9.17, 15) is 4.39 Å². The number of rotatable bonds is 1. The van der Waals surface area contributed by atoms with Crippen LogP contribution in [0.15, 0.2) is 236 Å². The highest BCUT2D eigenvalue weighted by molar-refractivity contribution is 5.97. The van der Waals surface area contributed by atoms with E-state index in [0.717, 1.165) is 33.1 Å². The fourth-order valence-electron chi connectivity index (χ4n) is 7.47. The van der Waals surface area contributed by atoms with Crippen molar-refractivity contribution in [3.05, 3.63) is 281 Å². The number of hydrogen-bond donors (Lipinski definition) is 2. The van der Waals surface area contributed by atoms with Gasteiger partial charge < -0.3 is 10.9 Å². The number of hydrogen-bond acceptors (Lipinski definition) is 7. The second-order valence-corrected chi connectivity index (χ2v) is 17.5. The van der Waals surface area contributed by atoms with Gasteiger partial charge in [0.1, 0.15) is 5.82 Å². The van der Waals surface area contributed by atoms with Gasteiger partial charge in [-0.15, -0.1) is 0 Å². The largest absolute Gasteiger partial charge is 0.409 e. The van der Waals surface area contributed by atoms with E-state index in [1.807, 2.05) is 128 Å². The lowest BCUT2D eigenvalue weighted by Gasteiger charge is -2.01. The molecule has 0 saturated heterocycles. The van der Waals surface area contributed by atoms with Gasteiger partial charge in [-0.25, -0.2) is 4.39 Å². The van der Waals surface area contributed by atoms with E-state index in [0.29, 0.717) is 0 Å². The van der Waals surface area contributed by atoms with Gasteiger partial charge in [-0.1, -0.05) is 143 Å². The van der Waals surface area contributed by atoms with Gasteiger partial charge in [-0.3, -0.25) is 24.9 Å². The van der Waals surface area contributed by atoms with E-state index in [2.05, 4.69) is 157 Å². The van der Waals surface area contributed by atoms with Crippen molar-refractivity contribution in [3.63, 3.8) is 0 Å². The summed E-state index contributed by atoms with van der Waals surface area (Å²) in [7, 11) is 0. The minimum absolute atomic E-state index is 0.123. The molecule has 5 heterocycles. The van der Waals surface area contributed by atoms with Crippen molar-refractivity contribution in [2.75, 3.05) is 0 Å². The number of halogens is 1. The topological polar surface area (TPSA) is 123 Å². The van der Waals surface area contributed by atoms with Crippen LogP contribution in [0.4, 0.5) is 4.39 Å². The SMILES string of the molecule is Cc1ccc(F)c(C(N)=NO)c1.Cc1ccc2cccnc2c1.Cc1ccc2ncccc2c1.Cc1cccc2ncccc12.Cc1ccccc1.Cc1ccnc2ccccc12.Cc1cnc2ccccc2c1. The first-order valence-corrected chi connectivity index (χ1v) is 24.2. The van der Waals surface area contributed by atoms with Gasteiger partial charge in [0, 0.05) is 57.9 Å². The predicted octanol–water partition coefficient (Wildman–Crippen LogP) is 15.9. The number of aromatic nitrogens is 5. The van der Waals surface area contributed by atoms with E-state index < -0.39 is 5.82 Å². The molecule has 7 aromatic carbocycles. The first kappa shape index (κ1) is 54.1. The maximum absolute atomic E-state index is 12.9. The second-order valence-electron chi connectivity index (χ2n) is 17.5. The predicted molar refractivity (Wildman–Crippen MR) is 307 cm³/mol. The Labute approximate surface area is 433 Å². The number of amidine groups is 1. The summed E-state index contributed by atoms with van der Waals surface area (Å²) < 4.78 is 12.9. The maximum atomic E-state index is 12.9. The van der Waals surface area contributed by atoms with Crippen LogP contribution in [0.1, 0.15) is 44.5 Å². The van der Waals surface area contributed by atoms with Crippen molar-refractivity contribution < 1.29 is 9.60 Å². The number of fused-ring (bicyclic) bond motifs is 5.